The van der Waals surface area contributed by atoms with Crippen LogP contribution in [-0.2, 0) is 91.5 Å². The summed E-state index contributed by atoms with van der Waals surface area (Å²) < 4.78 is 16.4. The molecular weight excluding hydrogens is 1490 g/mol. The molecule has 3 aliphatic heterocycles. The van der Waals surface area contributed by atoms with Gasteiger partial charge in [0.25, 0.3) is 0 Å². The number of amides is 5. The highest BCUT2D eigenvalue weighted by molar-refractivity contribution is 6.32. The number of nitrogens with two attached hydrogens (primary N) is 4. The molecule has 0 unspecified atom stereocenters. The molecule has 6 aliphatic rings. The molecular formula is C81H103Cl4N19O7. The summed E-state index contributed by atoms with van der Waals surface area (Å²) in [6, 6.07) is 24.7. The monoisotopic (exact) mass is 1590 g/mol. The van der Waals surface area contributed by atoms with Gasteiger partial charge in [0.1, 0.15) is 22.9 Å². The molecule has 0 bridgehead atoms. The Balaban J connectivity index is 0.000000175. The van der Waals surface area contributed by atoms with Gasteiger partial charge in [-0.1, -0.05) is 130 Å². The van der Waals surface area contributed by atoms with Gasteiger partial charge in [-0.15, -0.1) is 0 Å². The minimum atomic E-state index is -0.526. The van der Waals surface area contributed by atoms with Crippen molar-refractivity contribution in [2.75, 3.05) is 45.0 Å². The van der Waals surface area contributed by atoms with Crippen molar-refractivity contribution in [3.05, 3.63) is 222 Å². The Morgan fingerprint density at radius 3 is 1.12 bits per heavy atom. The minimum absolute atomic E-state index is 0. The molecule has 6 aromatic heterocycles. The Morgan fingerprint density at radius 2 is 0.793 bits per heavy atom. The molecule has 3 aliphatic carbocycles. The number of nitrogens with zero attached hydrogens (tertiary/aromatic N) is 14. The number of carbonyl (C=O) groups excluding carboxylic acids is 5. The van der Waals surface area contributed by atoms with Crippen molar-refractivity contribution >= 4 is 82.0 Å². The van der Waals surface area contributed by atoms with E-state index in [1.165, 1.54) is 6.20 Å². The number of nitrogen functional groups attached to an aromatic ring is 1. The normalized spacial score (nSPS) is 16.2. The standard InChI is InChI=1S/C28H33ClN6O3.C23H25ClN6O.C16H15Cl2N3O.C11H18N4O2.3CH4/c1-27(2,3)38-26(37)34-16-20(17-34)35-15-18(13-32-35)12-24-31-14-22(29)23(33-24)9-8-19-6-4-5-7-21(19)28(10-11-28)25(30)36;24-19-13-27-21(9-15-10-28-30(14-15)17-11-26-12-17)29-20(19)6-5-16-3-1-2-4-18(16)23(7-8-23)22(25)31;17-12-9-20-15(18)21-13(12)6-5-10-3-1-2-4-11(10)16(7-8-16)14(19)22;1-11(2,3)17-10(16)14-6-9(7-14)15-5-8(12)4-13-15;;;/h4-7,13-15,20H,8-12,16-17H2,1-3H3,(H2,30,36);1-4,10,13-14,17,26H,5-9,11-12H2,(H2,25,31);1-4,9H,5-8H2,(H2,19,22);4-5,9H,6-7,12H2,1-3H3;3*1H4. The fourth-order valence-corrected chi connectivity index (χ4v) is 14.3. The van der Waals surface area contributed by atoms with Crippen LogP contribution in [0.3, 0.4) is 0 Å². The Hall–Kier alpha value is -9.60. The van der Waals surface area contributed by atoms with Crippen LogP contribution < -0.4 is 28.3 Å². The van der Waals surface area contributed by atoms with Crippen molar-refractivity contribution in [3.8, 4) is 0 Å². The van der Waals surface area contributed by atoms with Crippen molar-refractivity contribution in [1.29, 1.82) is 0 Å². The molecule has 0 spiro atoms. The smallest absolute Gasteiger partial charge is 0.410 e. The number of carbonyl (C=O) groups is 5. The zero-order valence-electron chi connectivity index (χ0n) is 61.4. The molecule has 9 aromatic rings. The highest BCUT2D eigenvalue weighted by Crippen LogP contribution is 2.51. The van der Waals surface area contributed by atoms with E-state index in [2.05, 4.69) is 52.8 Å². The summed E-state index contributed by atoms with van der Waals surface area (Å²) in [4.78, 5) is 89.4. The molecule has 0 radical (unpaired) electrons. The van der Waals surface area contributed by atoms with Crippen LogP contribution in [0.2, 0.25) is 20.4 Å². The molecule has 9 N–H and O–H groups in total. The van der Waals surface area contributed by atoms with Crippen molar-refractivity contribution in [3.63, 3.8) is 0 Å². The summed E-state index contributed by atoms with van der Waals surface area (Å²) in [6.07, 6.45) is 25.5. The molecule has 3 aromatic carbocycles. The summed E-state index contributed by atoms with van der Waals surface area (Å²) in [7, 11) is 0. The maximum absolute atomic E-state index is 12.2. The fraction of sp³-hybridized carbons (Fsp3) is 0.457. The number of hydrogen-bond donors (Lipinski definition) is 5. The first kappa shape index (κ1) is 85.4. The fourth-order valence-electron chi connectivity index (χ4n) is 13.6. The van der Waals surface area contributed by atoms with Crippen molar-refractivity contribution in [2.24, 2.45) is 17.2 Å². The number of primary amides is 3. The molecule has 15 rings (SSSR count). The summed E-state index contributed by atoms with van der Waals surface area (Å²) in [5.41, 5.74) is 31.6. The van der Waals surface area contributed by atoms with Gasteiger partial charge in [0, 0.05) is 83.1 Å². The zero-order chi connectivity index (χ0) is 76.9. The second-order valence-corrected chi connectivity index (χ2v) is 32.1. The summed E-state index contributed by atoms with van der Waals surface area (Å²) >= 11 is 24.8. The van der Waals surface area contributed by atoms with Crippen molar-refractivity contribution in [2.45, 2.75) is 199 Å². The third-order valence-electron chi connectivity index (χ3n) is 20.2. The van der Waals surface area contributed by atoms with E-state index in [1.54, 1.807) is 39.3 Å². The van der Waals surface area contributed by atoms with Gasteiger partial charge in [0.05, 0.1) is 97.0 Å². The van der Waals surface area contributed by atoms with E-state index in [-0.39, 0.29) is 69.6 Å². The van der Waals surface area contributed by atoms with E-state index in [0.717, 1.165) is 126 Å². The second kappa shape index (κ2) is 35.8. The average molecular weight is 1600 g/mol. The predicted molar refractivity (Wildman–Crippen MR) is 430 cm³/mol. The lowest BCUT2D eigenvalue weighted by Crippen LogP contribution is -2.52. The molecule has 111 heavy (non-hydrogen) atoms. The highest BCUT2D eigenvalue weighted by atomic mass is 35.5. The van der Waals surface area contributed by atoms with E-state index in [0.29, 0.717) is 103 Å². The number of rotatable bonds is 22. The first-order valence-electron chi connectivity index (χ1n) is 36.3. The average Bonchev–Trinajstić information content (AvgIpc) is 1.61. The van der Waals surface area contributed by atoms with E-state index >= 15 is 0 Å². The third kappa shape index (κ3) is 21.0. The van der Waals surface area contributed by atoms with Crippen LogP contribution >= 0.6 is 46.4 Å². The highest BCUT2D eigenvalue weighted by Gasteiger charge is 2.53. The number of hydrogen-bond acceptors (Lipinski definition) is 18. The Kier molecular flexibility index (Phi) is 27.6. The number of halogens is 4. The van der Waals surface area contributed by atoms with E-state index < -0.39 is 27.4 Å². The molecule has 26 nitrogen and oxygen atoms in total. The summed E-state index contributed by atoms with van der Waals surface area (Å²) in [5.74, 6) is 0.655. The van der Waals surface area contributed by atoms with Crippen LogP contribution in [0.4, 0.5) is 15.3 Å². The summed E-state index contributed by atoms with van der Waals surface area (Å²) in [5, 5.41) is 18.1. The van der Waals surface area contributed by atoms with Crippen LogP contribution in [0.1, 0.15) is 194 Å². The molecule has 5 amide bonds. The van der Waals surface area contributed by atoms with Gasteiger partial charge >= 0.3 is 12.2 Å². The summed E-state index contributed by atoms with van der Waals surface area (Å²) in [6.45, 7) is 15.4. The Morgan fingerprint density at radius 1 is 0.459 bits per heavy atom. The Bertz CT molecular complexity index is 4750. The Labute approximate surface area is 669 Å². The van der Waals surface area contributed by atoms with E-state index in [9.17, 15) is 24.0 Å². The molecule has 592 valence electrons. The maximum Gasteiger partial charge on any atom is 0.410 e. The lowest BCUT2D eigenvalue weighted by Gasteiger charge is -2.39. The third-order valence-corrected chi connectivity index (χ3v) is 21.4. The van der Waals surface area contributed by atoms with Gasteiger partial charge in [0.15, 0.2) is 0 Å². The number of likely N-dealkylation sites (tertiary alicyclic amines) is 2. The lowest BCUT2D eigenvalue weighted by atomic mass is 9.88. The number of benzene rings is 3. The van der Waals surface area contributed by atoms with Gasteiger partial charge in [-0.05, 0) is 175 Å². The van der Waals surface area contributed by atoms with Gasteiger partial charge in [0.2, 0.25) is 23.0 Å². The topological polar surface area (TPSA) is 357 Å². The predicted octanol–water partition coefficient (Wildman–Crippen LogP) is 12.6. The van der Waals surface area contributed by atoms with Gasteiger partial charge < -0.3 is 47.5 Å². The second-order valence-electron chi connectivity index (χ2n) is 30.6. The van der Waals surface area contributed by atoms with E-state index in [1.807, 2.05) is 136 Å². The van der Waals surface area contributed by atoms with Gasteiger partial charge in [-0.25, -0.2) is 39.5 Å². The quantitative estimate of drug-likeness (QED) is 0.0393. The largest absolute Gasteiger partial charge is 0.444 e. The van der Waals surface area contributed by atoms with Crippen LogP contribution in [0, 0.1) is 0 Å². The van der Waals surface area contributed by atoms with Crippen LogP contribution in [0.5, 0.6) is 0 Å². The zero-order valence-corrected chi connectivity index (χ0v) is 64.5. The SMILES string of the molecule is C.C.C.CC(C)(C)OC(=O)N1CC(n2cc(Cc3ncc(Cl)c(CCc4ccccc4C4(C(N)=O)CC4)n3)cn2)C1.CC(C)(C)OC(=O)N1CC(n2cc(N)cn2)C1.NC(=O)C1(c2ccccc2CCc2nc(Cc3cnn(C4CNC4)c3)ncc2Cl)CC1.NC(=O)C1(c2ccccc2CCc2nc(Cl)ncc2Cl)CC1. The number of anilines is 1. The first-order valence-corrected chi connectivity index (χ1v) is 37.8. The lowest BCUT2D eigenvalue weighted by molar-refractivity contribution is -0.121. The van der Waals surface area contributed by atoms with E-state index in [4.69, 9.17) is 88.8 Å². The molecule has 0 atom stereocenters. The van der Waals surface area contributed by atoms with Crippen LogP contribution in [0.25, 0.3) is 0 Å². The number of aryl methyl sites for hydroxylation is 6. The molecule has 9 heterocycles. The molecule has 3 saturated carbocycles. The van der Waals surface area contributed by atoms with Gasteiger partial charge in [-0.3, -0.25) is 28.4 Å². The number of aromatic nitrogens is 12. The van der Waals surface area contributed by atoms with Gasteiger partial charge in [-0.2, -0.15) is 15.3 Å². The maximum atomic E-state index is 12.2. The number of nitrogens with one attached hydrogen (secondary N) is 1. The van der Waals surface area contributed by atoms with Crippen molar-refractivity contribution in [1.82, 2.24) is 74.4 Å². The number of ether oxygens (including phenoxy) is 2. The van der Waals surface area contributed by atoms with Crippen LogP contribution in [-0.4, -0.2) is 149 Å². The molecule has 30 heteroatoms. The molecule has 6 fully saturated rings. The van der Waals surface area contributed by atoms with Crippen LogP contribution in [0.15, 0.2) is 129 Å². The first-order chi connectivity index (χ1) is 51.5. The van der Waals surface area contributed by atoms with Crippen molar-refractivity contribution < 1.29 is 33.4 Å². The molecule has 3 saturated heterocycles. The minimum Gasteiger partial charge on any atom is -0.444 e.